The van der Waals surface area contributed by atoms with Crippen molar-refractivity contribution in [3.05, 3.63) is 58.9 Å². The van der Waals surface area contributed by atoms with Gasteiger partial charge in [-0.05, 0) is 5.56 Å². The molecular weight excluding hydrogens is 431 g/mol. The molecule has 3 aromatic rings. The lowest BCUT2D eigenvalue weighted by molar-refractivity contribution is -0.0761. The second kappa shape index (κ2) is 8.24. The lowest BCUT2D eigenvalue weighted by Crippen LogP contribution is -2.39. The molecule has 4 rings (SSSR count). The first-order valence-corrected chi connectivity index (χ1v) is 11.0. The minimum atomic E-state index is -4.80. The van der Waals surface area contributed by atoms with Crippen molar-refractivity contribution in [2.75, 3.05) is 7.11 Å². The predicted molar refractivity (Wildman–Crippen MR) is 106 cm³/mol. The van der Waals surface area contributed by atoms with Gasteiger partial charge in [0.1, 0.15) is 24.6 Å². The van der Waals surface area contributed by atoms with Gasteiger partial charge in [-0.15, -0.1) is 0 Å². The molecule has 5 atom stereocenters. The van der Waals surface area contributed by atoms with Crippen LogP contribution in [0.2, 0.25) is 0 Å². The zero-order valence-corrected chi connectivity index (χ0v) is 17.2. The molecule has 1 aliphatic rings. The molecule has 1 fully saturated rings. The lowest BCUT2D eigenvalue weighted by atomic mass is 10.1. The van der Waals surface area contributed by atoms with Gasteiger partial charge >= 0.3 is 7.60 Å². The third kappa shape index (κ3) is 3.94. The van der Waals surface area contributed by atoms with Crippen molar-refractivity contribution in [1.82, 2.24) is 19.1 Å². The number of nitrogens with zero attached hydrogens (tertiary/aromatic N) is 4. The third-order valence-electron chi connectivity index (χ3n) is 5.15. The van der Waals surface area contributed by atoms with Gasteiger partial charge < -0.3 is 29.5 Å². The Labute approximate surface area is 175 Å². The van der Waals surface area contributed by atoms with Crippen LogP contribution < -0.4 is 5.56 Å². The molecule has 0 radical (unpaired) electrons. The van der Waals surface area contributed by atoms with Crippen molar-refractivity contribution < 1.29 is 34.0 Å². The average molecular weight is 452 g/mol. The Morgan fingerprint density at radius 1 is 1.16 bits per heavy atom. The van der Waals surface area contributed by atoms with Gasteiger partial charge in [0.05, 0.1) is 12.9 Å². The van der Waals surface area contributed by atoms with Crippen LogP contribution in [0.3, 0.4) is 0 Å². The fourth-order valence-electron chi connectivity index (χ4n) is 3.64. The van der Waals surface area contributed by atoms with E-state index in [1.165, 1.54) is 21.8 Å². The lowest BCUT2D eigenvalue weighted by Gasteiger charge is -2.24. The number of ether oxygens (including phenoxy) is 2. The highest BCUT2D eigenvalue weighted by Gasteiger charge is 2.52. The van der Waals surface area contributed by atoms with Gasteiger partial charge in [-0.1, -0.05) is 30.3 Å². The minimum Gasteiger partial charge on any atom is -0.387 e. The largest absolute Gasteiger partial charge is 0.387 e. The Balaban J connectivity index is 1.67. The molecule has 1 aromatic carbocycles. The SMILES string of the molecule is COC([C@@H]1O[C@@H](n2cnc3c(=O)n(Cc4ccccc4)cnc32)[C@H](O)[C@@H]1O)P(=O)(O)O. The number of hydrogen-bond acceptors (Lipinski definition) is 8. The van der Waals surface area contributed by atoms with Crippen LogP contribution in [0.25, 0.3) is 11.2 Å². The summed E-state index contributed by atoms with van der Waals surface area (Å²) in [5.41, 5.74) is 0.595. The van der Waals surface area contributed by atoms with E-state index < -0.39 is 43.5 Å². The number of methoxy groups -OCH3 is 1. The standard InChI is InChI=1S/C18H21N4O8P/c1-29-18(31(26,27)28)14-12(23)13(24)17(30-14)22-9-19-11-15(22)20-8-21(16(11)25)7-10-5-3-2-4-6-10/h2-6,8-9,12-14,17-18,23-24H,7H2,1H3,(H2,26,27,28)/t12-,13+,14+,17+,18?/m0/s1. The summed E-state index contributed by atoms with van der Waals surface area (Å²) >= 11 is 0. The Morgan fingerprint density at radius 3 is 2.52 bits per heavy atom. The van der Waals surface area contributed by atoms with Crippen molar-refractivity contribution in [3.8, 4) is 0 Å². The maximum atomic E-state index is 12.8. The highest BCUT2D eigenvalue weighted by Crippen LogP contribution is 2.48. The molecule has 31 heavy (non-hydrogen) atoms. The van der Waals surface area contributed by atoms with Crippen LogP contribution in [0.4, 0.5) is 0 Å². The van der Waals surface area contributed by atoms with Crippen LogP contribution in [-0.4, -0.2) is 70.4 Å². The monoisotopic (exact) mass is 452 g/mol. The molecule has 13 heteroatoms. The van der Waals surface area contributed by atoms with Crippen LogP contribution >= 0.6 is 7.60 Å². The van der Waals surface area contributed by atoms with E-state index in [2.05, 4.69) is 9.97 Å². The fourth-order valence-corrected chi connectivity index (χ4v) is 4.54. The van der Waals surface area contributed by atoms with E-state index in [1.807, 2.05) is 30.3 Å². The first-order chi connectivity index (χ1) is 14.7. The Bertz CT molecular complexity index is 1180. The van der Waals surface area contributed by atoms with E-state index >= 15 is 0 Å². The molecule has 1 aliphatic heterocycles. The van der Waals surface area contributed by atoms with E-state index in [9.17, 15) is 29.4 Å². The smallest absolute Gasteiger partial charge is 0.356 e. The topological polar surface area (TPSA) is 169 Å². The molecule has 1 unspecified atom stereocenters. The van der Waals surface area contributed by atoms with Crippen molar-refractivity contribution in [2.45, 2.75) is 36.9 Å². The average Bonchev–Trinajstić information content (AvgIpc) is 3.27. The fraction of sp³-hybridized carbons (Fsp3) is 0.389. The molecule has 0 spiro atoms. The summed E-state index contributed by atoms with van der Waals surface area (Å²) in [6.45, 7) is 0.288. The van der Waals surface area contributed by atoms with Crippen molar-refractivity contribution in [1.29, 1.82) is 0 Å². The summed E-state index contributed by atoms with van der Waals surface area (Å²) in [6, 6.07) is 9.31. The predicted octanol–water partition coefficient (Wildman–Crippen LogP) is -0.589. The molecule has 12 nitrogen and oxygen atoms in total. The number of rotatable bonds is 6. The molecule has 0 aliphatic carbocycles. The Morgan fingerprint density at radius 2 is 1.87 bits per heavy atom. The van der Waals surface area contributed by atoms with Gasteiger partial charge in [0.2, 0.25) is 0 Å². The number of fused-ring (bicyclic) bond motifs is 1. The van der Waals surface area contributed by atoms with Crippen molar-refractivity contribution in [2.24, 2.45) is 0 Å². The van der Waals surface area contributed by atoms with Crippen LogP contribution in [0.15, 0.2) is 47.8 Å². The maximum absolute atomic E-state index is 12.8. The van der Waals surface area contributed by atoms with E-state index in [0.29, 0.717) is 0 Å². The number of hydrogen-bond donors (Lipinski definition) is 4. The van der Waals surface area contributed by atoms with E-state index in [4.69, 9.17) is 9.47 Å². The van der Waals surface area contributed by atoms with Crippen molar-refractivity contribution in [3.63, 3.8) is 0 Å². The number of aliphatic hydroxyl groups excluding tert-OH is 2. The quantitative estimate of drug-likeness (QED) is 0.355. The number of aliphatic hydroxyl groups is 2. The van der Waals surface area contributed by atoms with Gasteiger partial charge in [-0.2, -0.15) is 0 Å². The first-order valence-electron chi connectivity index (χ1n) is 9.28. The zero-order valence-electron chi connectivity index (χ0n) is 16.3. The molecular formula is C18H21N4O8P. The summed E-state index contributed by atoms with van der Waals surface area (Å²) in [7, 11) is -3.74. The van der Waals surface area contributed by atoms with E-state index in [-0.39, 0.29) is 17.7 Å². The van der Waals surface area contributed by atoms with Gasteiger partial charge in [0.25, 0.3) is 5.56 Å². The molecule has 3 heterocycles. The van der Waals surface area contributed by atoms with Gasteiger partial charge in [-0.3, -0.25) is 18.5 Å². The van der Waals surface area contributed by atoms with Crippen LogP contribution in [0.5, 0.6) is 0 Å². The number of benzene rings is 1. The van der Waals surface area contributed by atoms with Gasteiger partial charge in [0, 0.05) is 7.11 Å². The number of imidazole rings is 1. The summed E-state index contributed by atoms with van der Waals surface area (Å²) in [5.74, 6) is -1.78. The maximum Gasteiger partial charge on any atom is 0.356 e. The Hall–Kier alpha value is -2.44. The molecule has 4 N–H and O–H groups in total. The van der Waals surface area contributed by atoms with E-state index in [1.54, 1.807) is 0 Å². The molecule has 0 bridgehead atoms. The highest BCUT2D eigenvalue weighted by molar-refractivity contribution is 7.52. The second-order valence-corrected chi connectivity index (χ2v) is 8.86. The zero-order chi connectivity index (χ0) is 22.3. The Kier molecular flexibility index (Phi) is 5.79. The molecule has 2 aromatic heterocycles. The van der Waals surface area contributed by atoms with Crippen LogP contribution in [-0.2, 0) is 20.6 Å². The van der Waals surface area contributed by atoms with Crippen LogP contribution in [0.1, 0.15) is 11.8 Å². The molecule has 0 saturated carbocycles. The van der Waals surface area contributed by atoms with Crippen molar-refractivity contribution >= 4 is 18.8 Å². The van der Waals surface area contributed by atoms with Gasteiger partial charge in [0.15, 0.2) is 23.2 Å². The summed E-state index contributed by atoms with van der Waals surface area (Å²) in [5, 5.41) is 20.8. The molecule has 0 amide bonds. The van der Waals surface area contributed by atoms with Gasteiger partial charge in [-0.25, -0.2) is 9.97 Å². The summed E-state index contributed by atoms with van der Waals surface area (Å²) in [4.78, 5) is 40.1. The second-order valence-electron chi connectivity index (χ2n) is 7.18. The summed E-state index contributed by atoms with van der Waals surface area (Å²) in [6.07, 6.45) is -3.47. The minimum absolute atomic E-state index is 0.0189. The normalized spacial score (nSPS) is 25.2. The van der Waals surface area contributed by atoms with Crippen LogP contribution in [0, 0.1) is 0 Å². The van der Waals surface area contributed by atoms with E-state index in [0.717, 1.165) is 12.7 Å². The molecule has 166 valence electrons. The first kappa shape index (κ1) is 21.8. The highest BCUT2D eigenvalue weighted by atomic mass is 31.2. The summed E-state index contributed by atoms with van der Waals surface area (Å²) < 4.78 is 24.6. The third-order valence-corrected chi connectivity index (χ3v) is 6.32. The molecule has 1 saturated heterocycles. The number of aromatic nitrogens is 4.